The monoisotopic (exact) mass is 229 g/mol. The van der Waals surface area contributed by atoms with Crippen molar-refractivity contribution in [1.82, 2.24) is 4.31 Å². The van der Waals surface area contributed by atoms with Gasteiger partial charge in [-0.05, 0) is 36.2 Å². The Balaban J connectivity index is 2.58. The lowest BCUT2D eigenvalue weighted by Crippen LogP contribution is -2.22. The highest BCUT2D eigenvalue weighted by atomic mass is 32.2. The summed E-state index contributed by atoms with van der Waals surface area (Å²) >= 11 is 1.31. The third-order valence-electron chi connectivity index (χ3n) is 1.71. The summed E-state index contributed by atoms with van der Waals surface area (Å²) in [6.45, 7) is 2.46. The smallest absolute Gasteiger partial charge is 0.318 e. The second-order valence-corrected chi connectivity index (χ2v) is 4.07. The Morgan fingerprint density at radius 1 is 1.47 bits per heavy atom. The molecular formula is C10H12FNO2S. The van der Waals surface area contributed by atoms with Crippen molar-refractivity contribution in [2.45, 2.75) is 11.8 Å². The minimum atomic E-state index is -0.869. The van der Waals surface area contributed by atoms with Crippen LogP contribution in [0.3, 0.4) is 0 Å². The van der Waals surface area contributed by atoms with E-state index in [0.717, 1.165) is 4.90 Å². The van der Waals surface area contributed by atoms with Crippen molar-refractivity contribution in [3.8, 4) is 0 Å². The Morgan fingerprint density at radius 2 is 2.07 bits per heavy atom. The molecule has 0 atom stereocenters. The van der Waals surface area contributed by atoms with Crippen LogP contribution in [-0.4, -0.2) is 28.5 Å². The van der Waals surface area contributed by atoms with Gasteiger partial charge in [-0.1, -0.05) is 6.92 Å². The first-order chi connectivity index (χ1) is 7.11. The summed E-state index contributed by atoms with van der Waals surface area (Å²) in [7, 11) is 0. The van der Waals surface area contributed by atoms with Gasteiger partial charge in [0.2, 0.25) is 0 Å². The fraction of sp³-hybridized carbons (Fsp3) is 0.300. The predicted octanol–water partition coefficient (Wildman–Crippen LogP) is 2.24. The number of nitrogens with zero attached hydrogens (tertiary/aromatic N) is 1. The van der Waals surface area contributed by atoms with Crippen molar-refractivity contribution >= 4 is 17.9 Å². The summed E-state index contributed by atoms with van der Waals surface area (Å²) < 4.78 is 14.3. The van der Waals surface area contributed by atoms with Gasteiger partial charge in [0.1, 0.15) is 12.4 Å². The maximum atomic E-state index is 12.6. The van der Waals surface area contributed by atoms with Gasteiger partial charge in [0, 0.05) is 11.4 Å². The van der Waals surface area contributed by atoms with Crippen LogP contribution >= 0.6 is 11.9 Å². The van der Waals surface area contributed by atoms with Gasteiger partial charge in [0.15, 0.2) is 0 Å². The highest BCUT2D eigenvalue weighted by Crippen LogP contribution is 2.21. The Kier molecular flexibility index (Phi) is 4.58. The van der Waals surface area contributed by atoms with Crippen molar-refractivity contribution in [2.75, 3.05) is 13.1 Å². The number of carboxylic acid groups (broad SMARTS) is 1. The largest absolute Gasteiger partial charge is 0.480 e. The molecule has 82 valence electrons. The average molecular weight is 229 g/mol. The molecule has 0 bridgehead atoms. The zero-order chi connectivity index (χ0) is 11.3. The lowest BCUT2D eigenvalue weighted by Gasteiger charge is -2.16. The molecule has 3 nitrogen and oxygen atoms in total. The SMILES string of the molecule is CCN(CC(=O)O)Sc1ccc(F)cc1. The third-order valence-corrected chi connectivity index (χ3v) is 2.84. The number of rotatable bonds is 5. The molecule has 0 aliphatic rings. The first kappa shape index (κ1) is 12.0. The number of aliphatic carboxylic acids is 1. The normalized spacial score (nSPS) is 10.6. The van der Waals surface area contributed by atoms with Gasteiger partial charge in [-0.2, -0.15) is 0 Å². The summed E-state index contributed by atoms with van der Waals surface area (Å²) in [4.78, 5) is 11.3. The predicted molar refractivity (Wildman–Crippen MR) is 57.1 cm³/mol. The maximum Gasteiger partial charge on any atom is 0.318 e. The van der Waals surface area contributed by atoms with E-state index in [1.54, 1.807) is 16.4 Å². The lowest BCUT2D eigenvalue weighted by atomic mass is 10.4. The topological polar surface area (TPSA) is 40.5 Å². The van der Waals surface area contributed by atoms with E-state index in [1.165, 1.54) is 24.1 Å². The highest BCUT2D eigenvalue weighted by molar-refractivity contribution is 7.97. The van der Waals surface area contributed by atoms with E-state index >= 15 is 0 Å². The molecule has 0 aromatic heterocycles. The van der Waals surface area contributed by atoms with E-state index in [0.29, 0.717) is 6.54 Å². The molecule has 0 aliphatic carbocycles. The molecule has 1 N–H and O–H groups in total. The van der Waals surface area contributed by atoms with Crippen LogP contribution < -0.4 is 0 Å². The summed E-state index contributed by atoms with van der Waals surface area (Å²) in [5, 5.41) is 8.62. The summed E-state index contributed by atoms with van der Waals surface area (Å²) in [5.74, 6) is -1.16. The Morgan fingerprint density at radius 3 is 2.53 bits per heavy atom. The van der Waals surface area contributed by atoms with Gasteiger partial charge in [-0.25, -0.2) is 8.70 Å². The molecule has 0 saturated heterocycles. The minimum Gasteiger partial charge on any atom is -0.480 e. The van der Waals surface area contributed by atoms with Gasteiger partial charge in [0.25, 0.3) is 0 Å². The van der Waals surface area contributed by atoms with Gasteiger partial charge in [-0.3, -0.25) is 4.79 Å². The number of likely N-dealkylation sites (N-methyl/N-ethyl adjacent to an activating group) is 1. The average Bonchev–Trinajstić information content (AvgIpc) is 2.19. The second-order valence-electron chi connectivity index (χ2n) is 2.90. The second kappa shape index (κ2) is 5.72. The molecular weight excluding hydrogens is 217 g/mol. The molecule has 0 radical (unpaired) electrons. The first-order valence-corrected chi connectivity index (χ1v) is 5.29. The van der Waals surface area contributed by atoms with Crippen molar-refractivity contribution in [1.29, 1.82) is 0 Å². The molecule has 0 unspecified atom stereocenters. The van der Waals surface area contributed by atoms with Gasteiger partial charge >= 0.3 is 5.97 Å². The van der Waals surface area contributed by atoms with Gasteiger partial charge in [0.05, 0.1) is 0 Å². The van der Waals surface area contributed by atoms with Crippen LogP contribution in [0.25, 0.3) is 0 Å². The fourth-order valence-corrected chi connectivity index (χ4v) is 1.86. The van der Waals surface area contributed by atoms with E-state index in [9.17, 15) is 9.18 Å². The number of hydrogen-bond donors (Lipinski definition) is 1. The molecule has 1 aromatic carbocycles. The molecule has 0 saturated carbocycles. The van der Waals surface area contributed by atoms with Crippen LogP contribution in [0.4, 0.5) is 4.39 Å². The fourth-order valence-electron chi connectivity index (χ4n) is 1.00. The van der Waals surface area contributed by atoms with Crippen LogP contribution in [0.1, 0.15) is 6.92 Å². The van der Waals surface area contributed by atoms with Crippen LogP contribution in [-0.2, 0) is 4.79 Å². The van der Waals surface area contributed by atoms with Crippen LogP contribution in [0.2, 0.25) is 0 Å². The summed E-state index contributed by atoms with van der Waals surface area (Å²) in [6.07, 6.45) is 0. The Hall–Kier alpha value is -1.07. The standard InChI is InChI=1S/C10H12FNO2S/c1-2-12(7-10(13)14)15-9-5-3-8(11)4-6-9/h3-6H,2,7H2,1H3,(H,13,14). The molecule has 0 spiro atoms. The van der Waals surface area contributed by atoms with Crippen molar-refractivity contribution in [2.24, 2.45) is 0 Å². The molecule has 1 aromatic rings. The van der Waals surface area contributed by atoms with E-state index in [1.807, 2.05) is 6.92 Å². The summed E-state index contributed by atoms with van der Waals surface area (Å²) in [6, 6.07) is 5.98. The van der Waals surface area contributed by atoms with Crippen LogP contribution in [0.5, 0.6) is 0 Å². The van der Waals surface area contributed by atoms with E-state index in [-0.39, 0.29) is 12.4 Å². The van der Waals surface area contributed by atoms with Gasteiger partial charge in [-0.15, -0.1) is 0 Å². The zero-order valence-electron chi connectivity index (χ0n) is 8.31. The number of carboxylic acids is 1. The molecule has 5 heteroatoms. The summed E-state index contributed by atoms with van der Waals surface area (Å²) in [5.41, 5.74) is 0. The van der Waals surface area contributed by atoms with E-state index in [2.05, 4.69) is 0 Å². The number of halogens is 1. The minimum absolute atomic E-state index is 0.0292. The van der Waals surface area contributed by atoms with E-state index in [4.69, 9.17) is 5.11 Å². The van der Waals surface area contributed by atoms with Gasteiger partial charge < -0.3 is 5.11 Å². The zero-order valence-corrected chi connectivity index (χ0v) is 9.13. The number of hydrogen-bond acceptors (Lipinski definition) is 3. The molecule has 1 rings (SSSR count). The highest BCUT2D eigenvalue weighted by Gasteiger charge is 2.08. The van der Waals surface area contributed by atoms with Crippen molar-refractivity contribution in [3.05, 3.63) is 30.1 Å². The Bertz CT molecular complexity index is 329. The molecule has 15 heavy (non-hydrogen) atoms. The van der Waals surface area contributed by atoms with Crippen LogP contribution in [0, 0.1) is 5.82 Å². The Labute approximate surface area is 92.0 Å². The lowest BCUT2D eigenvalue weighted by molar-refractivity contribution is -0.137. The van der Waals surface area contributed by atoms with Crippen LogP contribution in [0.15, 0.2) is 29.2 Å². The molecule has 0 heterocycles. The maximum absolute atomic E-state index is 12.6. The first-order valence-electron chi connectivity index (χ1n) is 4.52. The molecule has 0 aliphatic heterocycles. The number of benzene rings is 1. The third kappa shape index (κ3) is 4.31. The van der Waals surface area contributed by atoms with Crippen molar-refractivity contribution < 1.29 is 14.3 Å². The number of carbonyl (C=O) groups is 1. The van der Waals surface area contributed by atoms with E-state index < -0.39 is 5.97 Å². The van der Waals surface area contributed by atoms with Crippen molar-refractivity contribution in [3.63, 3.8) is 0 Å². The molecule has 0 amide bonds. The molecule has 0 fully saturated rings. The quantitative estimate of drug-likeness (QED) is 0.786.